The molecule has 5 nitrogen and oxygen atoms in total. The van der Waals surface area contributed by atoms with Crippen molar-refractivity contribution in [2.75, 3.05) is 4.90 Å². The highest BCUT2D eigenvalue weighted by Gasteiger charge is 2.42. The summed E-state index contributed by atoms with van der Waals surface area (Å²) in [7, 11) is 0. The molecular formula is C29H26ClN3O2S. The zero-order chi connectivity index (χ0) is 24.5. The predicted octanol–water partition coefficient (Wildman–Crippen LogP) is 7.49. The van der Waals surface area contributed by atoms with E-state index in [1.165, 1.54) is 12.8 Å². The maximum Gasteiger partial charge on any atom is 0.174 e. The standard InChI is InChI=1S/C29H26ClN3O2S/c30-20-10-8-19(9-11-20)25-16-17-26(35-25)28-27(24-7-3-4-18-31-24)32-29(36)33(28)21-12-14-23(15-13-21)34-22-5-1-2-6-22/h3-4,7-18,22,27-28H,1-2,5-6H2,(H,32,36)/t27-,28-/m0/s1. The van der Waals surface area contributed by atoms with Crippen molar-refractivity contribution in [1.82, 2.24) is 10.3 Å². The van der Waals surface area contributed by atoms with Crippen LogP contribution in [0.4, 0.5) is 5.69 Å². The minimum Gasteiger partial charge on any atom is -0.490 e. The van der Waals surface area contributed by atoms with Crippen LogP contribution in [-0.4, -0.2) is 16.2 Å². The number of nitrogens with one attached hydrogen (secondary N) is 1. The van der Waals surface area contributed by atoms with Gasteiger partial charge < -0.3 is 19.4 Å². The minimum absolute atomic E-state index is 0.169. The van der Waals surface area contributed by atoms with Gasteiger partial charge in [-0.15, -0.1) is 0 Å². The Hall–Kier alpha value is -3.35. The normalized spacial score (nSPS) is 20.0. The van der Waals surface area contributed by atoms with Gasteiger partial charge >= 0.3 is 0 Å². The van der Waals surface area contributed by atoms with Gasteiger partial charge in [0.2, 0.25) is 0 Å². The van der Waals surface area contributed by atoms with Gasteiger partial charge in [0.25, 0.3) is 0 Å². The lowest BCUT2D eigenvalue weighted by Crippen LogP contribution is -2.29. The molecular weight excluding hydrogens is 490 g/mol. The SMILES string of the molecule is S=C1N[C@@H](c2ccccn2)[C@H](c2ccc(-c3ccc(Cl)cc3)o2)N1c1ccc(OC2CCCC2)cc1. The molecule has 0 unspecified atom stereocenters. The van der Waals surface area contributed by atoms with E-state index in [-0.39, 0.29) is 12.1 Å². The molecule has 182 valence electrons. The average molecular weight is 516 g/mol. The van der Waals surface area contributed by atoms with Crippen molar-refractivity contribution in [3.05, 3.63) is 102 Å². The van der Waals surface area contributed by atoms with Crippen molar-refractivity contribution in [3.8, 4) is 17.1 Å². The van der Waals surface area contributed by atoms with E-state index >= 15 is 0 Å². The van der Waals surface area contributed by atoms with E-state index in [1.54, 1.807) is 6.20 Å². The lowest BCUT2D eigenvalue weighted by molar-refractivity contribution is 0.210. The first-order chi connectivity index (χ1) is 17.7. The van der Waals surface area contributed by atoms with Crippen LogP contribution in [0.5, 0.6) is 5.75 Å². The summed E-state index contributed by atoms with van der Waals surface area (Å²) >= 11 is 11.9. The van der Waals surface area contributed by atoms with Gasteiger partial charge in [-0.1, -0.05) is 17.7 Å². The van der Waals surface area contributed by atoms with E-state index in [2.05, 4.69) is 27.3 Å². The smallest absolute Gasteiger partial charge is 0.174 e. The van der Waals surface area contributed by atoms with Crippen LogP contribution < -0.4 is 15.0 Å². The van der Waals surface area contributed by atoms with Crippen LogP contribution in [0.3, 0.4) is 0 Å². The molecule has 7 heteroatoms. The number of aromatic nitrogens is 1. The largest absolute Gasteiger partial charge is 0.490 e. The van der Waals surface area contributed by atoms with E-state index in [0.717, 1.165) is 47.1 Å². The first-order valence-electron chi connectivity index (χ1n) is 12.3. The fourth-order valence-corrected chi connectivity index (χ4v) is 5.56. The molecule has 4 aromatic rings. The number of furan rings is 1. The van der Waals surface area contributed by atoms with E-state index in [0.29, 0.717) is 16.2 Å². The molecule has 1 aliphatic carbocycles. The number of halogens is 1. The fourth-order valence-electron chi connectivity index (χ4n) is 5.09. The van der Waals surface area contributed by atoms with E-state index in [9.17, 15) is 0 Å². The van der Waals surface area contributed by atoms with E-state index in [1.807, 2.05) is 66.7 Å². The van der Waals surface area contributed by atoms with Crippen LogP contribution in [0, 0.1) is 0 Å². The number of pyridine rings is 1. The molecule has 2 fully saturated rings. The van der Waals surface area contributed by atoms with Gasteiger partial charge in [0.15, 0.2) is 5.11 Å². The summed E-state index contributed by atoms with van der Waals surface area (Å²) in [5.41, 5.74) is 2.84. The number of thiocarbonyl (C=S) groups is 1. The zero-order valence-electron chi connectivity index (χ0n) is 19.6. The Kier molecular flexibility index (Phi) is 6.38. The monoisotopic (exact) mass is 515 g/mol. The third kappa shape index (κ3) is 4.59. The number of benzene rings is 2. The second kappa shape index (κ2) is 9.96. The van der Waals surface area contributed by atoms with Crippen molar-refractivity contribution in [1.29, 1.82) is 0 Å². The van der Waals surface area contributed by atoms with Gasteiger partial charge in [-0.2, -0.15) is 0 Å². The molecule has 2 aromatic carbocycles. The van der Waals surface area contributed by atoms with Gasteiger partial charge in [0.05, 0.1) is 17.8 Å². The Balaban J connectivity index is 1.34. The van der Waals surface area contributed by atoms with E-state index in [4.69, 9.17) is 33.0 Å². The molecule has 2 aromatic heterocycles. The van der Waals surface area contributed by atoms with Crippen LogP contribution in [0.15, 0.2) is 89.5 Å². The topological polar surface area (TPSA) is 50.5 Å². The Morgan fingerprint density at radius 3 is 2.44 bits per heavy atom. The highest BCUT2D eigenvalue weighted by Crippen LogP contribution is 2.43. The Bertz CT molecular complexity index is 1340. The summed E-state index contributed by atoms with van der Waals surface area (Å²) in [6, 6.07) is 25.4. The molecule has 2 aliphatic rings. The molecule has 36 heavy (non-hydrogen) atoms. The number of hydrogen-bond acceptors (Lipinski definition) is 4. The summed E-state index contributed by atoms with van der Waals surface area (Å²) in [5.74, 6) is 2.47. The molecule has 1 N–H and O–H groups in total. The Morgan fingerprint density at radius 2 is 1.72 bits per heavy atom. The van der Waals surface area contributed by atoms with Gasteiger partial charge in [0, 0.05) is 22.5 Å². The first-order valence-corrected chi connectivity index (χ1v) is 13.1. The van der Waals surface area contributed by atoms with Gasteiger partial charge in [-0.05, 0) is 111 Å². The molecule has 0 radical (unpaired) electrons. The molecule has 3 heterocycles. The summed E-state index contributed by atoms with van der Waals surface area (Å²) in [6.45, 7) is 0. The van der Waals surface area contributed by atoms with Crippen molar-refractivity contribution in [2.24, 2.45) is 0 Å². The van der Waals surface area contributed by atoms with Crippen molar-refractivity contribution in [2.45, 2.75) is 43.9 Å². The molecule has 0 amide bonds. The fraction of sp³-hybridized carbons (Fsp3) is 0.241. The highest BCUT2D eigenvalue weighted by atomic mass is 35.5. The van der Waals surface area contributed by atoms with Gasteiger partial charge in [-0.25, -0.2) is 0 Å². The van der Waals surface area contributed by atoms with Crippen molar-refractivity contribution in [3.63, 3.8) is 0 Å². The average Bonchev–Trinajstić information content (AvgIpc) is 3.66. The summed E-state index contributed by atoms with van der Waals surface area (Å²) in [6.07, 6.45) is 6.87. The maximum atomic E-state index is 6.42. The molecule has 0 spiro atoms. The van der Waals surface area contributed by atoms with Gasteiger partial charge in [-0.3, -0.25) is 4.98 Å². The Morgan fingerprint density at radius 1 is 0.944 bits per heavy atom. The maximum absolute atomic E-state index is 6.42. The number of ether oxygens (including phenoxy) is 1. The zero-order valence-corrected chi connectivity index (χ0v) is 21.2. The van der Waals surface area contributed by atoms with Crippen LogP contribution in [0.1, 0.15) is 49.2 Å². The number of rotatable bonds is 6. The predicted molar refractivity (Wildman–Crippen MR) is 146 cm³/mol. The molecule has 1 saturated heterocycles. The number of anilines is 1. The second-order valence-electron chi connectivity index (χ2n) is 9.22. The Labute approximate surface area is 221 Å². The molecule has 2 atom stereocenters. The third-order valence-corrected chi connectivity index (χ3v) is 7.43. The van der Waals surface area contributed by atoms with Crippen molar-refractivity contribution >= 4 is 34.6 Å². The lowest BCUT2D eigenvalue weighted by atomic mass is 10.0. The first kappa shape index (κ1) is 23.1. The molecule has 6 rings (SSSR count). The number of hydrogen-bond donors (Lipinski definition) is 1. The lowest BCUT2D eigenvalue weighted by Gasteiger charge is -2.26. The second-order valence-corrected chi connectivity index (χ2v) is 10.0. The van der Waals surface area contributed by atoms with Crippen molar-refractivity contribution < 1.29 is 9.15 Å². The molecule has 1 aliphatic heterocycles. The summed E-state index contributed by atoms with van der Waals surface area (Å²) in [4.78, 5) is 6.73. The summed E-state index contributed by atoms with van der Waals surface area (Å²) < 4.78 is 12.6. The highest BCUT2D eigenvalue weighted by molar-refractivity contribution is 7.80. The van der Waals surface area contributed by atoms with Crippen LogP contribution >= 0.6 is 23.8 Å². The summed E-state index contributed by atoms with van der Waals surface area (Å²) in [5, 5.41) is 4.80. The minimum atomic E-state index is -0.213. The van der Waals surface area contributed by atoms with Crippen LogP contribution in [0.25, 0.3) is 11.3 Å². The third-order valence-electron chi connectivity index (χ3n) is 6.86. The van der Waals surface area contributed by atoms with Crippen LogP contribution in [0.2, 0.25) is 5.02 Å². The van der Waals surface area contributed by atoms with Crippen LogP contribution in [-0.2, 0) is 0 Å². The van der Waals surface area contributed by atoms with E-state index < -0.39 is 0 Å². The number of nitrogens with zero attached hydrogens (tertiary/aromatic N) is 2. The molecule has 1 saturated carbocycles. The molecule has 0 bridgehead atoms. The van der Waals surface area contributed by atoms with Gasteiger partial charge in [0.1, 0.15) is 23.3 Å². The quantitative estimate of drug-likeness (QED) is 0.268.